The van der Waals surface area contributed by atoms with Gasteiger partial charge in [0.25, 0.3) is 0 Å². The van der Waals surface area contributed by atoms with E-state index in [0.717, 1.165) is 36.1 Å². The molecule has 0 spiro atoms. The van der Waals surface area contributed by atoms with Crippen molar-refractivity contribution in [2.24, 2.45) is 29.6 Å². The van der Waals surface area contributed by atoms with E-state index in [4.69, 9.17) is 0 Å². The number of hydrogen-bond donors (Lipinski definition) is 2. The van der Waals surface area contributed by atoms with Crippen LogP contribution in [0.1, 0.15) is 25.7 Å². The molecule has 3 rings (SSSR count). The maximum atomic E-state index is 3.64. The van der Waals surface area contributed by atoms with Crippen LogP contribution in [-0.2, 0) is 0 Å². The van der Waals surface area contributed by atoms with Crippen LogP contribution in [0.25, 0.3) is 0 Å². The van der Waals surface area contributed by atoms with Crippen LogP contribution in [0.4, 0.5) is 0 Å². The summed E-state index contributed by atoms with van der Waals surface area (Å²) in [5.41, 5.74) is 0. The first-order valence-electron chi connectivity index (χ1n) is 6.77. The minimum Gasteiger partial charge on any atom is -0.320 e. The van der Waals surface area contributed by atoms with Crippen molar-refractivity contribution < 1.29 is 0 Å². The Morgan fingerprint density at radius 3 is 2.47 bits per heavy atom. The van der Waals surface area contributed by atoms with Gasteiger partial charge in [-0.2, -0.15) is 0 Å². The largest absolute Gasteiger partial charge is 0.320 e. The van der Waals surface area contributed by atoms with Crippen LogP contribution in [-0.4, -0.2) is 26.7 Å². The Bertz CT molecular complexity index is 213. The second-order valence-electron chi connectivity index (χ2n) is 5.81. The third-order valence-electron chi connectivity index (χ3n) is 5.06. The summed E-state index contributed by atoms with van der Waals surface area (Å²) in [7, 11) is 2.03. The van der Waals surface area contributed by atoms with Gasteiger partial charge in [-0.05, 0) is 82.0 Å². The van der Waals surface area contributed by atoms with Crippen LogP contribution in [0.5, 0.6) is 0 Å². The van der Waals surface area contributed by atoms with Crippen molar-refractivity contribution in [2.75, 3.05) is 26.7 Å². The molecule has 3 aliphatic rings. The molecule has 2 N–H and O–H groups in total. The molecule has 2 heteroatoms. The van der Waals surface area contributed by atoms with E-state index < -0.39 is 0 Å². The molecule has 0 aromatic carbocycles. The van der Waals surface area contributed by atoms with Crippen LogP contribution >= 0.6 is 0 Å². The molecule has 3 saturated carbocycles. The lowest BCUT2D eigenvalue weighted by Gasteiger charge is -2.09. The number of fused-ring (bicyclic) bond motifs is 5. The van der Waals surface area contributed by atoms with Gasteiger partial charge in [0.15, 0.2) is 0 Å². The van der Waals surface area contributed by atoms with E-state index in [1.807, 2.05) is 7.05 Å². The first-order chi connectivity index (χ1) is 7.42. The molecule has 2 nitrogen and oxygen atoms in total. The monoisotopic (exact) mass is 208 g/mol. The molecule has 0 aromatic rings. The van der Waals surface area contributed by atoms with Gasteiger partial charge in [0.1, 0.15) is 0 Å². The van der Waals surface area contributed by atoms with Gasteiger partial charge in [-0.15, -0.1) is 0 Å². The highest BCUT2D eigenvalue weighted by atomic mass is 14.9. The average Bonchev–Trinajstić information content (AvgIpc) is 2.67. The lowest BCUT2D eigenvalue weighted by molar-refractivity contribution is 0.441. The molecule has 4 atom stereocenters. The van der Waals surface area contributed by atoms with Crippen molar-refractivity contribution in [3.8, 4) is 0 Å². The molecular formula is C13H24N2. The highest BCUT2D eigenvalue weighted by Gasteiger charge is 2.64. The Morgan fingerprint density at radius 1 is 1.07 bits per heavy atom. The summed E-state index contributed by atoms with van der Waals surface area (Å²) in [5, 5.41) is 6.84. The van der Waals surface area contributed by atoms with Crippen LogP contribution in [0.15, 0.2) is 0 Å². The SMILES string of the molecule is CNCCCNCC1C2C3CCC(C3)C12. The molecular weight excluding hydrogens is 184 g/mol. The van der Waals surface area contributed by atoms with Crippen molar-refractivity contribution in [1.29, 1.82) is 0 Å². The Balaban J connectivity index is 1.34. The van der Waals surface area contributed by atoms with Gasteiger partial charge in [-0.3, -0.25) is 0 Å². The minimum atomic E-state index is 1.07. The minimum absolute atomic E-state index is 1.07. The standard InChI is InChI=1S/C13H24N2/c1-14-5-2-6-15-8-11-12-9-3-4-10(7-9)13(11)12/h9-15H,2-8H2,1H3. The van der Waals surface area contributed by atoms with E-state index in [1.54, 1.807) is 19.3 Å². The molecule has 0 aliphatic heterocycles. The second kappa shape index (κ2) is 4.06. The van der Waals surface area contributed by atoms with Gasteiger partial charge in [-0.25, -0.2) is 0 Å². The second-order valence-corrected chi connectivity index (χ2v) is 5.81. The predicted molar refractivity (Wildman–Crippen MR) is 62.7 cm³/mol. The summed E-state index contributed by atoms with van der Waals surface area (Å²) in [5.74, 6) is 5.67. The van der Waals surface area contributed by atoms with Crippen LogP contribution in [0.3, 0.4) is 0 Å². The Kier molecular flexibility index (Phi) is 2.73. The molecule has 2 bridgehead atoms. The lowest BCUT2D eigenvalue weighted by atomic mass is 10.0. The smallest absolute Gasteiger partial charge is 0.00148 e. The number of hydrogen-bond acceptors (Lipinski definition) is 2. The van der Waals surface area contributed by atoms with Gasteiger partial charge in [0, 0.05) is 0 Å². The zero-order valence-electron chi connectivity index (χ0n) is 9.84. The van der Waals surface area contributed by atoms with Crippen LogP contribution < -0.4 is 10.6 Å². The van der Waals surface area contributed by atoms with Crippen molar-refractivity contribution in [2.45, 2.75) is 25.7 Å². The van der Waals surface area contributed by atoms with Crippen molar-refractivity contribution >= 4 is 0 Å². The normalized spacial score (nSPS) is 45.8. The van der Waals surface area contributed by atoms with E-state index in [0.29, 0.717) is 0 Å². The number of nitrogens with one attached hydrogen (secondary N) is 2. The topological polar surface area (TPSA) is 24.1 Å². The summed E-state index contributed by atoms with van der Waals surface area (Å²) >= 11 is 0. The predicted octanol–water partition coefficient (Wildman–Crippen LogP) is 1.48. The fourth-order valence-electron chi connectivity index (χ4n) is 4.44. The van der Waals surface area contributed by atoms with Gasteiger partial charge in [0.2, 0.25) is 0 Å². The highest BCUT2D eigenvalue weighted by Crippen LogP contribution is 2.69. The molecule has 3 fully saturated rings. The van der Waals surface area contributed by atoms with Crippen molar-refractivity contribution in [3.63, 3.8) is 0 Å². The van der Waals surface area contributed by atoms with Crippen LogP contribution in [0, 0.1) is 29.6 Å². The quantitative estimate of drug-likeness (QED) is 0.646. The van der Waals surface area contributed by atoms with E-state index >= 15 is 0 Å². The van der Waals surface area contributed by atoms with Crippen molar-refractivity contribution in [3.05, 3.63) is 0 Å². The van der Waals surface area contributed by atoms with E-state index in [9.17, 15) is 0 Å². The maximum absolute atomic E-state index is 3.64. The van der Waals surface area contributed by atoms with Gasteiger partial charge in [-0.1, -0.05) is 0 Å². The van der Waals surface area contributed by atoms with Gasteiger partial charge >= 0.3 is 0 Å². The zero-order valence-corrected chi connectivity index (χ0v) is 9.84. The summed E-state index contributed by atoms with van der Waals surface area (Å²) < 4.78 is 0. The van der Waals surface area contributed by atoms with Crippen molar-refractivity contribution in [1.82, 2.24) is 10.6 Å². The Labute approximate surface area is 93.2 Å². The molecule has 86 valence electrons. The highest BCUT2D eigenvalue weighted by molar-refractivity contribution is 5.13. The molecule has 0 saturated heterocycles. The molecule has 3 aliphatic carbocycles. The third-order valence-corrected chi connectivity index (χ3v) is 5.06. The zero-order chi connectivity index (χ0) is 10.3. The van der Waals surface area contributed by atoms with E-state index in [1.165, 1.54) is 19.5 Å². The Morgan fingerprint density at radius 2 is 1.80 bits per heavy atom. The summed E-state index contributed by atoms with van der Waals surface area (Å²) in [6, 6.07) is 0. The summed E-state index contributed by atoms with van der Waals surface area (Å²) in [6.45, 7) is 3.66. The van der Waals surface area contributed by atoms with Crippen LogP contribution in [0.2, 0.25) is 0 Å². The van der Waals surface area contributed by atoms with Gasteiger partial charge in [0.05, 0.1) is 0 Å². The van der Waals surface area contributed by atoms with E-state index in [2.05, 4.69) is 10.6 Å². The fourth-order valence-corrected chi connectivity index (χ4v) is 4.44. The molecule has 0 radical (unpaired) electrons. The summed E-state index contributed by atoms with van der Waals surface area (Å²) in [4.78, 5) is 0. The molecule has 4 unspecified atom stereocenters. The molecule has 0 aromatic heterocycles. The Hall–Kier alpha value is -0.0800. The van der Waals surface area contributed by atoms with Gasteiger partial charge < -0.3 is 10.6 Å². The summed E-state index contributed by atoms with van der Waals surface area (Å²) in [6.07, 6.45) is 5.97. The molecule has 0 amide bonds. The maximum Gasteiger partial charge on any atom is -0.00148 e. The number of rotatable bonds is 6. The first kappa shape index (κ1) is 10.1. The third kappa shape index (κ3) is 1.72. The molecule has 15 heavy (non-hydrogen) atoms. The van der Waals surface area contributed by atoms with E-state index in [-0.39, 0.29) is 0 Å². The fraction of sp³-hybridized carbons (Fsp3) is 1.00. The first-order valence-corrected chi connectivity index (χ1v) is 6.77. The average molecular weight is 208 g/mol. The lowest BCUT2D eigenvalue weighted by Crippen LogP contribution is -2.23. The molecule has 0 heterocycles.